The molecule has 0 atom stereocenters. The zero-order valence-corrected chi connectivity index (χ0v) is 12.1. The maximum atomic E-state index is 11.9. The molecule has 0 aromatic rings. The van der Waals surface area contributed by atoms with E-state index in [1.165, 1.54) is 6.21 Å². The van der Waals surface area contributed by atoms with E-state index in [0.29, 0.717) is 24.2 Å². The molecule has 0 spiro atoms. The van der Waals surface area contributed by atoms with Gasteiger partial charge in [-0.25, -0.2) is 4.79 Å². The molecule has 5 heteroatoms. The third kappa shape index (κ3) is 6.74. The molecular formula is C14H21BN2O2. The summed E-state index contributed by atoms with van der Waals surface area (Å²) in [6, 6.07) is 0. The van der Waals surface area contributed by atoms with E-state index in [0.717, 1.165) is 6.42 Å². The minimum absolute atomic E-state index is 0.242. The van der Waals surface area contributed by atoms with Gasteiger partial charge in [0.25, 0.3) is 0 Å². The van der Waals surface area contributed by atoms with Crippen molar-refractivity contribution in [1.82, 2.24) is 0 Å². The predicted molar refractivity (Wildman–Crippen MR) is 80.7 cm³/mol. The van der Waals surface area contributed by atoms with E-state index in [1.807, 2.05) is 13.8 Å². The van der Waals surface area contributed by atoms with Crippen molar-refractivity contribution in [3.63, 3.8) is 0 Å². The lowest BCUT2D eigenvalue weighted by Crippen LogP contribution is -2.09. The molecule has 102 valence electrons. The van der Waals surface area contributed by atoms with E-state index in [1.54, 1.807) is 26.1 Å². The molecule has 0 aromatic heterocycles. The number of allylic oxidation sites excluding steroid dienone is 3. The van der Waals surface area contributed by atoms with Crippen molar-refractivity contribution in [2.45, 2.75) is 40.5 Å². The van der Waals surface area contributed by atoms with Crippen LogP contribution >= 0.6 is 0 Å². The van der Waals surface area contributed by atoms with E-state index in [9.17, 15) is 4.79 Å². The van der Waals surface area contributed by atoms with Crippen molar-refractivity contribution in [3.8, 4) is 0 Å². The van der Waals surface area contributed by atoms with Gasteiger partial charge in [0, 0.05) is 12.4 Å². The van der Waals surface area contributed by atoms with Gasteiger partial charge in [0.15, 0.2) is 5.70 Å². The van der Waals surface area contributed by atoms with Crippen molar-refractivity contribution in [2.75, 3.05) is 6.61 Å². The highest BCUT2D eigenvalue weighted by Crippen LogP contribution is 2.15. The lowest BCUT2D eigenvalue weighted by atomic mass is 9.97. The quantitative estimate of drug-likeness (QED) is 0.306. The Morgan fingerprint density at radius 2 is 1.95 bits per heavy atom. The van der Waals surface area contributed by atoms with Crippen molar-refractivity contribution in [1.29, 1.82) is 0 Å². The Labute approximate surface area is 116 Å². The van der Waals surface area contributed by atoms with Gasteiger partial charge >= 0.3 is 5.97 Å². The van der Waals surface area contributed by atoms with E-state index >= 15 is 0 Å². The van der Waals surface area contributed by atoms with Gasteiger partial charge in [-0.05, 0) is 27.2 Å². The lowest BCUT2D eigenvalue weighted by molar-refractivity contribution is -0.138. The highest BCUT2D eigenvalue weighted by molar-refractivity contribution is 6.32. The fourth-order valence-electron chi connectivity index (χ4n) is 1.28. The number of hydrogen-bond donors (Lipinski definition) is 0. The number of carbonyl (C=O) groups is 1. The summed E-state index contributed by atoms with van der Waals surface area (Å²) < 4.78 is 4.99. The molecule has 0 saturated carbocycles. The Hall–Kier alpha value is -1.65. The van der Waals surface area contributed by atoms with Crippen LogP contribution < -0.4 is 0 Å². The first-order chi connectivity index (χ1) is 9.10. The molecule has 0 aliphatic carbocycles. The van der Waals surface area contributed by atoms with Crippen LogP contribution in [-0.4, -0.2) is 32.9 Å². The van der Waals surface area contributed by atoms with Gasteiger partial charge in [0.2, 0.25) is 0 Å². The van der Waals surface area contributed by atoms with Crippen LogP contribution in [0.25, 0.3) is 0 Å². The van der Waals surface area contributed by atoms with Gasteiger partial charge in [-0.15, -0.1) is 0 Å². The van der Waals surface area contributed by atoms with Crippen molar-refractivity contribution < 1.29 is 9.53 Å². The molecule has 0 heterocycles. The molecule has 2 radical (unpaired) electrons. The zero-order valence-electron chi connectivity index (χ0n) is 12.1. The normalized spacial score (nSPS) is 14.0. The number of nitrogens with zero attached hydrogens (tertiary/aromatic N) is 2. The van der Waals surface area contributed by atoms with Crippen molar-refractivity contribution in [3.05, 3.63) is 22.9 Å². The fraction of sp³-hybridized carbons (Fsp3) is 0.500. The molecule has 0 unspecified atom stereocenters. The Morgan fingerprint density at radius 3 is 2.42 bits per heavy atom. The summed E-state index contributed by atoms with van der Waals surface area (Å²) in [5.41, 5.74) is 1.37. The van der Waals surface area contributed by atoms with Crippen LogP contribution in [0.1, 0.15) is 40.5 Å². The predicted octanol–water partition coefficient (Wildman–Crippen LogP) is 2.80. The summed E-state index contributed by atoms with van der Waals surface area (Å²) in [7, 11) is 5.66. The average molecular weight is 260 g/mol. The van der Waals surface area contributed by atoms with E-state index in [4.69, 9.17) is 12.6 Å². The third-order valence-electron chi connectivity index (χ3n) is 2.19. The molecule has 19 heavy (non-hydrogen) atoms. The largest absolute Gasteiger partial charge is 0.461 e. The minimum Gasteiger partial charge on any atom is -0.461 e. The van der Waals surface area contributed by atoms with Crippen LogP contribution in [-0.2, 0) is 9.53 Å². The Morgan fingerprint density at radius 1 is 1.26 bits per heavy atom. The number of rotatable bonds is 7. The molecule has 0 aliphatic rings. The molecular weight excluding hydrogens is 239 g/mol. The molecule has 0 amide bonds. The highest BCUT2D eigenvalue weighted by Gasteiger charge is 2.14. The molecule has 0 N–H and O–H groups in total. The minimum atomic E-state index is -0.458. The smallest absolute Gasteiger partial charge is 0.358 e. The topological polar surface area (TPSA) is 51.0 Å². The second-order valence-corrected chi connectivity index (χ2v) is 3.70. The zero-order chi connectivity index (χ0) is 14.7. The Bertz CT molecular complexity index is 410. The van der Waals surface area contributed by atoms with E-state index in [2.05, 4.69) is 9.98 Å². The van der Waals surface area contributed by atoms with Crippen LogP contribution in [0.4, 0.5) is 0 Å². The van der Waals surface area contributed by atoms with Crippen molar-refractivity contribution in [2.24, 2.45) is 9.98 Å². The van der Waals surface area contributed by atoms with Crippen LogP contribution in [0, 0.1) is 0 Å². The number of hydrogen-bond acceptors (Lipinski definition) is 4. The van der Waals surface area contributed by atoms with Crippen LogP contribution in [0.3, 0.4) is 0 Å². The van der Waals surface area contributed by atoms with Gasteiger partial charge in [0.1, 0.15) is 7.85 Å². The number of esters is 1. The summed E-state index contributed by atoms with van der Waals surface area (Å²) in [5.74, 6) is -0.458. The third-order valence-corrected chi connectivity index (χ3v) is 2.19. The lowest BCUT2D eigenvalue weighted by Gasteiger charge is -2.07. The molecule has 0 saturated heterocycles. The monoisotopic (exact) mass is 260 g/mol. The van der Waals surface area contributed by atoms with Crippen LogP contribution in [0.2, 0.25) is 0 Å². The van der Waals surface area contributed by atoms with Gasteiger partial charge < -0.3 is 4.74 Å². The number of ether oxygens (including phenoxy) is 1. The highest BCUT2D eigenvalue weighted by atomic mass is 16.5. The second-order valence-electron chi connectivity index (χ2n) is 3.70. The maximum absolute atomic E-state index is 11.9. The first-order valence-electron chi connectivity index (χ1n) is 6.45. The first-order valence-corrected chi connectivity index (χ1v) is 6.45. The second kappa shape index (κ2) is 10.3. The molecule has 0 bridgehead atoms. The van der Waals surface area contributed by atoms with Crippen LogP contribution in [0.15, 0.2) is 32.9 Å². The summed E-state index contributed by atoms with van der Waals surface area (Å²) >= 11 is 0. The number of aliphatic imine (C=N–C) groups is 2. The molecule has 0 fully saturated rings. The van der Waals surface area contributed by atoms with Crippen molar-refractivity contribution >= 4 is 26.2 Å². The van der Waals surface area contributed by atoms with E-state index < -0.39 is 5.97 Å². The number of carbonyl (C=O) groups excluding carboxylic acids is 1. The Kier molecular flexibility index (Phi) is 9.40. The molecule has 4 nitrogen and oxygen atoms in total. The van der Waals surface area contributed by atoms with Gasteiger partial charge in [-0.2, -0.15) is 0 Å². The molecule has 0 rings (SSSR count). The summed E-state index contributed by atoms with van der Waals surface area (Å²) in [6.45, 7) is 7.63. The van der Waals surface area contributed by atoms with E-state index in [-0.39, 0.29) is 5.70 Å². The molecule has 0 aromatic carbocycles. The molecule has 0 aliphatic heterocycles. The fourth-order valence-corrected chi connectivity index (χ4v) is 1.28. The van der Waals surface area contributed by atoms with Gasteiger partial charge in [0.05, 0.1) is 12.3 Å². The first kappa shape index (κ1) is 17.4. The standard InChI is InChI=1S/C14H21BN2O2/c1-5-9-12(17-10-11(15)6-2)13(16-7-3)14(18)19-8-4/h6-7,10H,5,8-9H2,1-4H3/b11-6+,13-12+,16-7?,17-10+. The summed E-state index contributed by atoms with van der Waals surface area (Å²) in [5, 5.41) is 0. The SMILES string of the molecule is [B]C(=C/C)/C=N/C(CCC)=C(/N=CC)C(=O)OCC. The van der Waals surface area contributed by atoms with Gasteiger partial charge in [-0.1, -0.05) is 24.9 Å². The van der Waals surface area contributed by atoms with Crippen LogP contribution in [0.5, 0.6) is 0 Å². The Balaban J connectivity index is 5.47. The average Bonchev–Trinajstić information content (AvgIpc) is 2.40. The summed E-state index contributed by atoms with van der Waals surface area (Å²) in [6.07, 6.45) is 6.30. The summed E-state index contributed by atoms with van der Waals surface area (Å²) in [4.78, 5) is 20.2. The van der Waals surface area contributed by atoms with Gasteiger partial charge in [-0.3, -0.25) is 9.98 Å². The maximum Gasteiger partial charge on any atom is 0.358 e.